The van der Waals surface area contributed by atoms with E-state index >= 15 is 0 Å². The van der Waals surface area contributed by atoms with Crippen molar-refractivity contribution < 1.29 is 33.5 Å². The largest absolute Gasteiger partial charge is 0.463 e. The summed E-state index contributed by atoms with van der Waals surface area (Å²) in [4.78, 5) is 75.4. The Balaban J connectivity index is 0.000000261. The molecule has 3 aromatic rings. The third-order valence-corrected chi connectivity index (χ3v) is 17.7. The van der Waals surface area contributed by atoms with E-state index in [9.17, 15) is 28.8 Å². The van der Waals surface area contributed by atoms with E-state index in [4.69, 9.17) is 21.9 Å². The van der Waals surface area contributed by atoms with Gasteiger partial charge in [-0.25, -0.2) is 0 Å². The predicted octanol–water partition coefficient (Wildman–Crippen LogP) is 11.9. The Hall–Kier alpha value is -5.24. The van der Waals surface area contributed by atoms with Crippen LogP contribution < -0.4 is 33.2 Å². The van der Waals surface area contributed by atoms with Gasteiger partial charge in [-0.05, 0) is 142 Å². The van der Waals surface area contributed by atoms with Crippen molar-refractivity contribution in [1.82, 2.24) is 16.0 Å². The molecule has 0 spiro atoms. The lowest BCUT2D eigenvalue weighted by atomic mass is 9.68. The average Bonchev–Trinajstić information content (AvgIpc) is 3.44. The minimum absolute atomic E-state index is 0.0608. The molecule has 3 aliphatic rings. The van der Waals surface area contributed by atoms with E-state index in [1.165, 1.54) is 19.3 Å². The maximum atomic E-state index is 13.1. The Morgan fingerprint density at radius 1 is 0.432 bits per heavy atom. The summed E-state index contributed by atoms with van der Waals surface area (Å²) in [7, 11) is 0. The molecule has 0 saturated heterocycles. The molecule has 0 radical (unpaired) electrons. The average molecular weight is 1120 g/mol. The molecule has 0 aromatic heterocycles. The Labute approximate surface area is 488 Å². The monoisotopic (exact) mass is 1120 g/mol. The molecule has 81 heavy (non-hydrogen) atoms. The third-order valence-electron chi connectivity index (χ3n) is 17.7. The van der Waals surface area contributed by atoms with Gasteiger partial charge in [0.15, 0.2) is 0 Å². The minimum atomic E-state index is -0.614. The lowest BCUT2D eigenvalue weighted by molar-refractivity contribution is -0.154. The van der Waals surface area contributed by atoms with Crippen LogP contribution in [0.3, 0.4) is 0 Å². The number of nitrogens with one attached hydrogen (secondary N) is 3. The highest BCUT2D eigenvalue weighted by molar-refractivity contribution is 5.84. The zero-order valence-corrected chi connectivity index (χ0v) is 51.5. The highest BCUT2D eigenvalue weighted by Gasteiger charge is 2.39. The van der Waals surface area contributed by atoms with Crippen molar-refractivity contribution in [2.75, 3.05) is 6.61 Å². The van der Waals surface area contributed by atoms with Gasteiger partial charge in [-0.2, -0.15) is 0 Å². The Kier molecular flexibility index (Phi) is 29.0. The van der Waals surface area contributed by atoms with Crippen molar-refractivity contribution in [3.05, 3.63) is 108 Å². The van der Waals surface area contributed by atoms with Gasteiger partial charge in [-0.1, -0.05) is 173 Å². The summed E-state index contributed by atoms with van der Waals surface area (Å²) in [6.07, 6.45) is 12.1. The van der Waals surface area contributed by atoms with Crippen LogP contribution in [-0.4, -0.2) is 60.0 Å². The van der Waals surface area contributed by atoms with Crippen LogP contribution in [0.1, 0.15) is 201 Å². The van der Waals surface area contributed by atoms with Gasteiger partial charge < -0.3 is 37.9 Å². The molecule has 3 aliphatic carbocycles. The number of ether oxygens (including phenoxy) is 1. The van der Waals surface area contributed by atoms with E-state index in [1.807, 2.05) is 91.0 Å². The highest BCUT2D eigenvalue weighted by Crippen LogP contribution is 2.42. The number of amides is 3. The molecule has 450 valence electrons. The van der Waals surface area contributed by atoms with Crippen LogP contribution in [0.25, 0.3) is 0 Å². The predicted molar refractivity (Wildman–Crippen MR) is 327 cm³/mol. The summed E-state index contributed by atoms with van der Waals surface area (Å²) in [6, 6.07) is 26.8. The van der Waals surface area contributed by atoms with Gasteiger partial charge in [-0.15, -0.1) is 0 Å². The second kappa shape index (κ2) is 34.4. The topological polar surface area (TPSA) is 226 Å². The summed E-state index contributed by atoms with van der Waals surface area (Å²) < 4.78 is 5.71. The van der Waals surface area contributed by atoms with Crippen molar-refractivity contribution in [1.29, 1.82) is 0 Å². The molecule has 0 heterocycles. The van der Waals surface area contributed by atoms with E-state index in [2.05, 4.69) is 78.3 Å². The second-order valence-electron chi connectivity index (χ2n) is 25.7. The molecule has 9 N–H and O–H groups in total. The van der Waals surface area contributed by atoms with Crippen LogP contribution in [-0.2, 0) is 33.5 Å². The first-order valence-corrected chi connectivity index (χ1v) is 30.9. The SMILES string of the molecule is CC(C)[C@@H]1CC[C@@H](C)C[C@H]1C(=O)CC[C@@H](NC(=O)[C@@H](C)N)c1ccccc1.CC(C)[C@@H]1CC[C@@H](C)C[C@H]1C(=O)CC[C@@H](NC(=O)[C@H](C)N)c1ccccc1.CC(C)[C@@H]1CC[C@@H](C)C[C@H]1C(=O)OC[C@@H](NC(=O)[C@H](C)N)c1ccccc1. The molecule has 13 nitrogen and oxygen atoms in total. The van der Waals surface area contributed by atoms with Gasteiger partial charge in [-0.3, -0.25) is 28.8 Å². The molecule has 3 aromatic carbocycles. The fourth-order valence-electron chi connectivity index (χ4n) is 12.7. The van der Waals surface area contributed by atoms with Crippen molar-refractivity contribution in [3.8, 4) is 0 Å². The van der Waals surface area contributed by atoms with Crippen LogP contribution in [0.2, 0.25) is 0 Å². The van der Waals surface area contributed by atoms with Crippen molar-refractivity contribution in [3.63, 3.8) is 0 Å². The number of ketones is 2. The molecule has 3 amide bonds. The first-order chi connectivity index (χ1) is 38.4. The maximum absolute atomic E-state index is 13.1. The van der Waals surface area contributed by atoms with Crippen LogP contribution >= 0.6 is 0 Å². The van der Waals surface area contributed by atoms with Gasteiger partial charge in [0.1, 0.15) is 18.2 Å². The quantitative estimate of drug-likeness (QED) is 0.0493. The highest BCUT2D eigenvalue weighted by atomic mass is 16.5. The minimum Gasteiger partial charge on any atom is -0.463 e. The number of nitrogens with two attached hydrogens (primary N) is 3. The molecule has 0 aliphatic heterocycles. The lowest BCUT2D eigenvalue weighted by Crippen LogP contribution is -2.42. The van der Waals surface area contributed by atoms with Gasteiger partial charge in [0.25, 0.3) is 0 Å². The second-order valence-corrected chi connectivity index (χ2v) is 25.7. The molecule has 0 bridgehead atoms. The number of rotatable bonds is 23. The molecular formula is C68H106N6O7. The van der Waals surface area contributed by atoms with Gasteiger partial charge >= 0.3 is 5.97 Å². The van der Waals surface area contributed by atoms with E-state index in [1.54, 1.807) is 20.8 Å². The van der Waals surface area contributed by atoms with E-state index in [0.29, 0.717) is 90.5 Å². The standard InChI is InChI=1S/2C23H36N2O2.C22H34N2O3/c2*1-15(2)19-11-10-16(3)14-20(19)22(26)13-12-21(25-23(27)17(4)24)18-8-6-5-7-9-18;1-14(2)18-11-10-15(3)12-19(18)22(26)27-13-20(24-21(25)16(4)23)17-8-6-5-7-9-17/h2*5-9,15-17,19-21H,10-14,24H2,1-4H3,(H,25,27);5-9,14-16,18-20H,10-13,23H2,1-4H3,(H,24,25)/t16-,17+,19+,20-,21-;16-,17-,19+,20-,21-;15-,16+,18+,19-,20-/m111/s1. The molecule has 3 fully saturated rings. The first-order valence-electron chi connectivity index (χ1n) is 30.9. The molecule has 3 saturated carbocycles. The molecule has 13 heteroatoms. The first kappa shape index (κ1) is 68.3. The Morgan fingerprint density at radius 2 is 0.716 bits per heavy atom. The summed E-state index contributed by atoms with van der Waals surface area (Å²) >= 11 is 0. The summed E-state index contributed by atoms with van der Waals surface area (Å²) in [6.45, 7) is 25.1. The molecule has 15 atom stereocenters. The van der Waals surface area contributed by atoms with Crippen molar-refractivity contribution in [2.24, 2.45) is 88.2 Å². The van der Waals surface area contributed by atoms with E-state index in [0.717, 1.165) is 55.2 Å². The summed E-state index contributed by atoms with van der Waals surface area (Å²) in [5.74, 6) is 4.88. The Morgan fingerprint density at radius 3 is 1.02 bits per heavy atom. The van der Waals surface area contributed by atoms with Crippen LogP contribution in [0.5, 0.6) is 0 Å². The zero-order chi connectivity index (χ0) is 59.9. The number of benzene rings is 3. The molecule has 0 unspecified atom stereocenters. The smallest absolute Gasteiger partial charge is 0.309 e. The lowest BCUT2D eigenvalue weighted by Gasteiger charge is -2.36. The summed E-state index contributed by atoms with van der Waals surface area (Å²) in [5.41, 5.74) is 20.1. The number of Topliss-reactive ketones (excluding diaryl/α,β-unsaturated/α-hetero) is 2. The van der Waals surface area contributed by atoms with Crippen LogP contribution in [0.15, 0.2) is 91.0 Å². The van der Waals surface area contributed by atoms with Crippen molar-refractivity contribution >= 4 is 35.3 Å². The van der Waals surface area contributed by atoms with Crippen molar-refractivity contribution in [2.45, 2.75) is 203 Å². The number of esters is 1. The van der Waals surface area contributed by atoms with E-state index in [-0.39, 0.29) is 60.1 Å². The number of hydrogen-bond donors (Lipinski definition) is 6. The fraction of sp³-hybridized carbons (Fsp3) is 0.647. The maximum Gasteiger partial charge on any atom is 0.309 e. The number of carbonyl (C=O) groups is 6. The Bertz CT molecular complexity index is 2100. The number of carbonyl (C=O) groups excluding carboxylic acids is 6. The molecular weight excluding hydrogens is 1010 g/mol. The normalized spacial score (nSPS) is 25.0. The van der Waals surface area contributed by atoms with Crippen LogP contribution in [0, 0.1) is 71.0 Å². The van der Waals surface area contributed by atoms with Crippen LogP contribution in [0.4, 0.5) is 0 Å². The summed E-state index contributed by atoms with van der Waals surface area (Å²) in [5, 5.41) is 8.93. The van der Waals surface area contributed by atoms with Gasteiger partial charge in [0, 0.05) is 24.7 Å². The van der Waals surface area contributed by atoms with Gasteiger partial charge in [0.2, 0.25) is 17.7 Å². The fourth-order valence-corrected chi connectivity index (χ4v) is 12.7. The third kappa shape index (κ3) is 22.5. The van der Waals surface area contributed by atoms with E-state index < -0.39 is 24.2 Å². The number of hydrogen-bond acceptors (Lipinski definition) is 10. The van der Waals surface area contributed by atoms with Gasteiger partial charge in [0.05, 0.1) is 42.2 Å². The molecule has 6 rings (SSSR count). The zero-order valence-electron chi connectivity index (χ0n) is 51.5.